The summed E-state index contributed by atoms with van der Waals surface area (Å²) in [6.45, 7) is 5.02. The zero-order valence-electron chi connectivity index (χ0n) is 13.3. The standard InChI is InChI=1S/C17H20N4O2/c1-13(2)8-9-21-16(15(10-18)11-19-21)20-17(22)23-12-14-6-4-3-5-7-14/h3-7,11,13H,8-9,12H2,1-2H3,(H,20,22). The van der Waals surface area contributed by atoms with Gasteiger partial charge in [-0.15, -0.1) is 0 Å². The third-order valence-electron chi connectivity index (χ3n) is 3.31. The van der Waals surface area contributed by atoms with Crippen molar-refractivity contribution in [1.82, 2.24) is 9.78 Å². The number of nitrogens with zero attached hydrogens (tertiary/aromatic N) is 3. The average Bonchev–Trinajstić information content (AvgIpc) is 2.93. The van der Waals surface area contributed by atoms with Crippen LogP contribution in [0, 0.1) is 17.2 Å². The molecule has 1 aromatic carbocycles. The molecule has 0 spiro atoms. The molecule has 120 valence electrons. The molecule has 0 saturated carbocycles. The Bertz CT molecular complexity index is 686. The molecule has 6 heteroatoms. The Morgan fingerprint density at radius 1 is 1.39 bits per heavy atom. The molecule has 0 unspecified atom stereocenters. The van der Waals surface area contributed by atoms with E-state index < -0.39 is 6.09 Å². The van der Waals surface area contributed by atoms with Gasteiger partial charge >= 0.3 is 6.09 Å². The van der Waals surface area contributed by atoms with Gasteiger partial charge in [0.2, 0.25) is 0 Å². The number of ether oxygens (including phenoxy) is 1. The van der Waals surface area contributed by atoms with E-state index in [4.69, 9.17) is 10.00 Å². The van der Waals surface area contributed by atoms with E-state index in [1.165, 1.54) is 6.20 Å². The maximum absolute atomic E-state index is 12.0. The lowest BCUT2D eigenvalue weighted by molar-refractivity contribution is 0.155. The second-order valence-corrected chi connectivity index (χ2v) is 5.61. The zero-order chi connectivity index (χ0) is 16.7. The van der Waals surface area contributed by atoms with Gasteiger partial charge in [-0.3, -0.25) is 5.32 Å². The van der Waals surface area contributed by atoms with Gasteiger partial charge in [0.15, 0.2) is 5.82 Å². The molecule has 0 aliphatic heterocycles. The van der Waals surface area contributed by atoms with E-state index in [1.54, 1.807) is 4.68 Å². The maximum Gasteiger partial charge on any atom is 0.413 e. The number of carbonyl (C=O) groups excluding carboxylic acids is 1. The molecule has 6 nitrogen and oxygen atoms in total. The molecule has 23 heavy (non-hydrogen) atoms. The number of aromatic nitrogens is 2. The highest BCUT2D eigenvalue weighted by molar-refractivity contribution is 5.85. The van der Waals surface area contributed by atoms with E-state index in [0.717, 1.165) is 12.0 Å². The lowest BCUT2D eigenvalue weighted by atomic mass is 10.1. The smallest absolute Gasteiger partial charge is 0.413 e. The molecule has 1 aromatic heterocycles. The van der Waals surface area contributed by atoms with Crippen LogP contribution >= 0.6 is 0 Å². The lowest BCUT2D eigenvalue weighted by Gasteiger charge is -2.11. The van der Waals surface area contributed by atoms with Crippen LogP contribution in [0.4, 0.5) is 10.6 Å². The fraction of sp³-hybridized carbons (Fsp3) is 0.353. The first-order valence-electron chi connectivity index (χ1n) is 7.53. The second-order valence-electron chi connectivity index (χ2n) is 5.61. The van der Waals surface area contributed by atoms with E-state index >= 15 is 0 Å². The molecule has 1 heterocycles. The van der Waals surface area contributed by atoms with Gasteiger partial charge in [0.05, 0.1) is 6.20 Å². The molecule has 0 radical (unpaired) electrons. The summed E-state index contributed by atoms with van der Waals surface area (Å²) in [5.41, 5.74) is 1.22. The minimum Gasteiger partial charge on any atom is -0.444 e. The van der Waals surface area contributed by atoms with Crippen molar-refractivity contribution in [3.05, 3.63) is 47.7 Å². The number of anilines is 1. The predicted molar refractivity (Wildman–Crippen MR) is 86.6 cm³/mol. The highest BCUT2D eigenvalue weighted by atomic mass is 16.5. The molecule has 1 N–H and O–H groups in total. The van der Waals surface area contributed by atoms with Crippen LogP contribution in [0.2, 0.25) is 0 Å². The Morgan fingerprint density at radius 3 is 2.78 bits per heavy atom. The van der Waals surface area contributed by atoms with Crippen molar-refractivity contribution in [2.24, 2.45) is 5.92 Å². The Morgan fingerprint density at radius 2 is 2.13 bits per heavy atom. The summed E-state index contributed by atoms with van der Waals surface area (Å²) >= 11 is 0. The summed E-state index contributed by atoms with van der Waals surface area (Å²) in [5, 5.41) is 15.9. The molecule has 2 aromatic rings. The van der Waals surface area contributed by atoms with Crippen molar-refractivity contribution in [1.29, 1.82) is 5.26 Å². The highest BCUT2D eigenvalue weighted by Gasteiger charge is 2.14. The minimum atomic E-state index is -0.600. The van der Waals surface area contributed by atoms with Crippen LogP contribution in [0.1, 0.15) is 31.4 Å². The van der Waals surface area contributed by atoms with E-state index in [-0.39, 0.29) is 6.61 Å². The Kier molecular flexibility index (Phi) is 5.75. The third-order valence-corrected chi connectivity index (χ3v) is 3.31. The van der Waals surface area contributed by atoms with Gasteiger partial charge in [-0.1, -0.05) is 44.2 Å². The topological polar surface area (TPSA) is 79.9 Å². The van der Waals surface area contributed by atoms with Crippen LogP contribution < -0.4 is 5.32 Å². The van der Waals surface area contributed by atoms with E-state index in [1.807, 2.05) is 36.4 Å². The van der Waals surface area contributed by atoms with Crippen LogP contribution in [-0.2, 0) is 17.9 Å². The van der Waals surface area contributed by atoms with Gasteiger partial charge in [-0.2, -0.15) is 10.4 Å². The van der Waals surface area contributed by atoms with Crippen LogP contribution in [0.3, 0.4) is 0 Å². The molecule has 1 amide bonds. The first-order chi connectivity index (χ1) is 11.1. The van der Waals surface area contributed by atoms with Crippen molar-refractivity contribution in [2.75, 3.05) is 5.32 Å². The molecule has 0 aliphatic rings. The summed E-state index contributed by atoms with van der Waals surface area (Å²) in [6, 6.07) is 11.4. The Balaban J connectivity index is 1.99. The SMILES string of the molecule is CC(C)CCn1ncc(C#N)c1NC(=O)OCc1ccccc1. The van der Waals surface area contributed by atoms with Gasteiger partial charge in [-0.05, 0) is 17.9 Å². The first kappa shape index (κ1) is 16.6. The van der Waals surface area contributed by atoms with Crippen LogP contribution in [-0.4, -0.2) is 15.9 Å². The monoisotopic (exact) mass is 312 g/mol. The molecule has 0 bridgehead atoms. The number of hydrogen-bond donors (Lipinski definition) is 1. The van der Waals surface area contributed by atoms with Gasteiger partial charge in [-0.25, -0.2) is 9.48 Å². The molecular formula is C17H20N4O2. The minimum absolute atomic E-state index is 0.175. The van der Waals surface area contributed by atoms with Crippen molar-refractivity contribution in [3.8, 4) is 6.07 Å². The van der Waals surface area contributed by atoms with E-state index in [0.29, 0.717) is 23.8 Å². The third kappa shape index (κ3) is 4.85. The number of carbonyl (C=O) groups is 1. The van der Waals surface area contributed by atoms with Crippen molar-refractivity contribution >= 4 is 11.9 Å². The molecule has 0 atom stereocenters. The van der Waals surface area contributed by atoms with Gasteiger partial charge < -0.3 is 4.74 Å². The molecular weight excluding hydrogens is 292 g/mol. The zero-order valence-corrected chi connectivity index (χ0v) is 13.3. The maximum atomic E-state index is 12.0. The molecule has 0 aliphatic carbocycles. The number of nitriles is 1. The van der Waals surface area contributed by atoms with Crippen LogP contribution in [0.5, 0.6) is 0 Å². The second kappa shape index (κ2) is 7.99. The quantitative estimate of drug-likeness (QED) is 0.884. The van der Waals surface area contributed by atoms with Gasteiger partial charge in [0.25, 0.3) is 0 Å². The fourth-order valence-corrected chi connectivity index (χ4v) is 2.00. The summed E-state index contributed by atoms with van der Waals surface area (Å²) in [7, 11) is 0. The predicted octanol–water partition coefficient (Wildman–Crippen LogP) is 3.55. The van der Waals surface area contributed by atoms with Crippen LogP contribution in [0.25, 0.3) is 0 Å². The van der Waals surface area contributed by atoms with Crippen LogP contribution in [0.15, 0.2) is 36.5 Å². The highest BCUT2D eigenvalue weighted by Crippen LogP contribution is 2.16. The lowest BCUT2D eigenvalue weighted by Crippen LogP contribution is -2.18. The molecule has 2 rings (SSSR count). The Labute approximate surface area is 135 Å². The summed E-state index contributed by atoms with van der Waals surface area (Å²) in [4.78, 5) is 12.0. The largest absolute Gasteiger partial charge is 0.444 e. The van der Waals surface area contributed by atoms with Crippen molar-refractivity contribution in [3.63, 3.8) is 0 Å². The van der Waals surface area contributed by atoms with Gasteiger partial charge in [0.1, 0.15) is 18.2 Å². The molecule has 0 fully saturated rings. The normalized spacial score (nSPS) is 10.3. The molecule has 0 saturated heterocycles. The Hall–Kier alpha value is -2.81. The number of hydrogen-bond acceptors (Lipinski definition) is 4. The fourth-order valence-electron chi connectivity index (χ4n) is 2.00. The van der Waals surface area contributed by atoms with E-state index in [2.05, 4.69) is 24.3 Å². The van der Waals surface area contributed by atoms with E-state index in [9.17, 15) is 4.79 Å². The number of rotatable bonds is 6. The van der Waals surface area contributed by atoms with Crippen molar-refractivity contribution < 1.29 is 9.53 Å². The van der Waals surface area contributed by atoms with Crippen molar-refractivity contribution in [2.45, 2.75) is 33.4 Å². The average molecular weight is 312 g/mol. The number of nitrogens with one attached hydrogen (secondary N) is 1. The van der Waals surface area contributed by atoms with Gasteiger partial charge in [0, 0.05) is 6.54 Å². The number of benzene rings is 1. The number of amides is 1. The summed E-state index contributed by atoms with van der Waals surface area (Å²) in [6.07, 6.45) is 1.75. The summed E-state index contributed by atoms with van der Waals surface area (Å²) < 4.78 is 6.81. The summed E-state index contributed by atoms with van der Waals surface area (Å²) in [5.74, 6) is 0.883. The number of aryl methyl sites for hydroxylation is 1. The first-order valence-corrected chi connectivity index (χ1v) is 7.53.